The van der Waals surface area contributed by atoms with Gasteiger partial charge in [-0.25, -0.2) is 4.98 Å². The quantitative estimate of drug-likeness (QED) is 0.930. The summed E-state index contributed by atoms with van der Waals surface area (Å²) in [5.74, 6) is 0.667. The molecule has 2 heterocycles. The van der Waals surface area contributed by atoms with Crippen LogP contribution in [-0.4, -0.2) is 24.7 Å². The fourth-order valence-electron chi connectivity index (χ4n) is 2.53. The Morgan fingerprint density at radius 3 is 2.79 bits per heavy atom. The molecule has 1 aliphatic heterocycles. The molecule has 1 aromatic heterocycles. The van der Waals surface area contributed by atoms with Crippen molar-refractivity contribution in [2.45, 2.75) is 12.6 Å². The van der Waals surface area contributed by atoms with Crippen LogP contribution in [-0.2, 0) is 6.18 Å². The predicted octanol–water partition coefficient (Wildman–Crippen LogP) is 2.51. The highest BCUT2D eigenvalue weighted by atomic mass is 35.5. The van der Waals surface area contributed by atoms with Crippen molar-refractivity contribution < 1.29 is 17.9 Å². The zero-order valence-corrected chi connectivity index (χ0v) is 10.9. The van der Waals surface area contributed by atoms with Crippen LogP contribution in [0.15, 0.2) is 18.2 Å². The Morgan fingerprint density at radius 2 is 2.21 bits per heavy atom. The fourth-order valence-corrected chi connectivity index (χ4v) is 2.53. The number of rotatable bonds is 3. The molecule has 2 atom stereocenters. The summed E-state index contributed by atoms with van der Waals surface area (Å²) in [5, 5.41) is 3.25. The standard InChI is InChI=1S/C12H13F3N2O.ClH/c13-12(14,15)9-2-1-3-10(17-9)18-7-11-4-8(11)5-16-6-11;/h1-3,8,16H,4-7H2;1H. The van der Waals surface area contributed by atoms with Crippen LogP contribution in [0.1, 0.15) is 12.1 Å². The molecule has 106 valence electrons. The van der Waals surface area contributed by atoms with Gasteiger partial charge in [0.05, 0.1) is 6.61 Å². The van der Waals surface area contributed by atoms with E-state index in [0.717, 1.165) is 25.6 Å². The number of hydrogen-bond acceptors (Lipinski definition) is 3. The Kier molecular flexibility index (Phi) is 3.66. The van der Waals surface area contributed by atoms with E-state index >= 15 is 0 Å². The number of aromatic nitrogens is 1. The van der Waals surface area contributed by atoms with Gasteiger partial charge in [0.15, 0.2) is 0 Å². The third-order valence-corrected chi connectivity index (χ3v) is 3.75. The third-order valence-electron chi connectivity index (χ3n) is 3.75. The average Bonchev–Trinajstić information content (AvgIpc) is 2.88. The molecule has 1 saturated heterocycles. The van der Waals surface area contributed by atoms with E-state index < -0.39 is 11.9 Å². The van der Waals surface area contributed by atoms with Crippen LogP contribution in [0.3, 0.4) is 0 Å². The summed E-state index contributed by atoms with van der Waals surface area (Å²) >= 11 is 0. The number of fused-ring (bicyclic) bond motifs is 1. The lowest BCUT2D eigenvalue weighted by atomic mass is 10.1. The Morgan fingerprint density at radius 1 is 1.42 bits per heavy atom. The molecule has 3 rings (SSSR count). The minimum atomic E-state index is -4.42. The smallest absolute Gasteiger partial charge is 0.433 e. The van der Waals surface area contributed by atoms with Crippen molar-refractivity contribution in [3.63, 3.8) is 0 Å². The number of hydrogen-bond donors (Lipinski definition) is 1. The summed E-state index contributed by atoms with van der Waals surface area (Å²) in [6.45, 7) is 2.31. The van der Waals surface area contributed by atoms with Crippen molar-refractivity contribution in [1.82, 2.24) is 10.3 Å². The molecule has 0 amide bonds. The maximum absolute atomic E-state index is 12.5. The van der Waals surface area contributed by atoms with E-state index in [2.05, 4.69) is 10.3 Å². The number of pyridine rings is 1. The molecule has 0 aromatic carbocycles. The molecule has 1 aromatic rings. The van der Waals surface area contributed by atoms with Gasteiger partial charge < -0.3 is 10.1 Å². The second-order valence-corrected chi connectivity index (χ2v) is 5.04. The van der Waals surface area contributed by atoms with Gasteiger partial charge >= 0.3 is 6.18 Å². The monoisotopic (exact) mass is 294 g/mol. The maximum atomic E-state index is 12.5. The summed E-state index contributed by atoms with van der Waals surface area (Å²) in [6.07, 6.45) is -3.33. The van der Waals surface area contributed by atoms with Crippen molar-refractivity contribution in [2.75, 3.05) is 19.7 Å². The summed E-state index contributed by atoms with van der Waals surface area (Å²) in [7, 11) is 0. The van der Waals surface area contributed by atoms with Crippen LogP contribution in [0.5, 0.6) is 5.88 Å². The number of ether oxygens (including phenoxy) is 1. The molecule has 1 aliphatic carbocycles. The maximum Gasteiger partial charge on any atom is 0.433 e. The number of nitrogens with one attached hydrogen (secondary N) is 1. The lowest BCUT2D eigenvalue weighted by molar-refractivity contribution is -0.141. The topological polar surface area (TPSA) is 34.1 Å². The van der Waals surface area contributed by atoms with Gasteiger partial charge in [-0.15, -0.1) is 12.4 Å². The first-order chi connectivity index (χ1) is 8.50. The number of halogens is 4. The molecule has 0 radical (unpaired) electrons. The molecular formula is C12H14ClF3N2O. The summed E-state index contributed by atoms with van der Waals surface area (Å²) in [4.78, 5) is 3.49. The van der Waals surface area contributed by atoms with Gasteiger partial charge in [0.1, 0.15) is 5.69 Å². The molecule has 2 fully saturated rings. The number of nitrogens with zero attached hydrogens (tertiary/aromatic N) is 1. The van der Waals surface area contributed by atoms with E-state index in [4.69, 9.17) is 4.74 Å². The first kappa shape index (κ1) is 14.4. The Balaban J connectivity index is 0.00000133. The number of piperidine rings is 1. The van der Waals surface area contributed by atoms with E-state index in [1.54, 1.807) is 0 Å². The largest absolute Gasteiger partial charge is 0.477 e. The van der Waals surface area contributed by atoms with Crippen molar-refractivity contribution >= 4 is 12.4 Å². The lowest BCUT2D eigenvalue weighted by Gasteiger charge is -2.13. The predicted molar refractivity (Wildman–Crippen MR) is 65.4 cm³/mol. The molecular weight excluding hydrogens is 281 g/mol. The fraction of sp³-hybridized carbons (Fsp3) is 0.583. The van der Waals surface area contributed by atoms with Crippen LogP contribution in [0.2, 0.25) is 0 Å². The van der Waals surface area contributed by atoms with Gasteiger partial charge in [-0.2, -0.15) is 13.2 Å². The molecule has 2 unspecified atom stereocenters. The van der Waals surface area contributed by atoms with Crippen molar-refractivity contribution in [3.8, 4) is 5.88 Å². The summed E-state index contributed by atoms with van der Waals surface area (Å²) in [6, 6.07) is 3.73. The van der Waals surface area contributed by atoms with Crippen LogP contribution >= 0.6 is 12.4 Å². The van der Waals surface area contributed by atoms with Gasteiger partial charge in [-0.05, 0) is 24.9 Å². The molecule has 3 nitrogen and oxygen atoms in total. The van der Waals surface area contributed by atoms with Gasteiger partial charge in [0.25, 0.3) is 0 Å². The van der Waals surface area contributed by atoms with E-state index in [1.807, 2.05) is 0 Å². The van der Waals surface area contributed by atoms with E-state index in [1.165, 1.54) is 12.1 Å². The Labute approximate surface area is 115 Å². The molecule has 0 bridgehead atoms. The molecule has 7 heteroatoms. The summed E-state index contributed by atoms with van der Waals surface area (Å²) < 4.78 is 42.8. The first-order valence-electron chi connectivity index (χ1n) is 5.87. The van der Waals surface area contributed by atoms with E-state index in [-0.39, 0.29) is 23.7 Å². The Hall–Kier alpha value is -1.01. The first-order valence-corrected chi connectivity index (χ1v) is 5.87. The Bertz CT molecular complexity index is 469. The minimum Gasteiger partial charge on any atom is -0.477 e. The summed E-state index contributed by atoms with van der Waals surface area (Å²) in [5.41, 5.74) is -0.773. The van der Waals surface area contributed by atoms with Crippen molar-refractivity contribution in [3.05, 3.63) is 23.9 Å². The SMILES string of the molecule is Cl.FC(F)(F)c1cccc(OCC23CNCC2C3)n1. The zero-order valence-electron chi connectivity index (χ0n) is 10.0. The zero-order chi connectivity index (χ0) is 12.8. The number of alkyl halides is 3. The van der Waals surface area contributed by atoms with Crippen LogP contribution < -0.4 is 10.1 Å². The lowest BCUT2D eigenvalue weighted by Crippen LogP contribution is -2.22. The second-order valence-electron chi connectivity index (χ2n) is 5.04. The van der Waals surface area contributed by atoms with Crippen molar-refractivity contribution in [2.24, 2.45) is 11.3 Å². The second kappa shape index (κ2) is 4.83. The van der Waals surface area contributed by atoms with Gasteiger partial charge in [-0.3, -0.25) is 0 Å². The highest BCUT2D eigenvalue weighted by molar-refractivity contribution is 5.85. The highest BCUT2D eigenvalue weighted by Crippen LogP contribution is 2.54. The molecule has 2 aliphatic rings. The highest BCUT2D eigenvalue weighted by Gasteiger charge is 2.57. The molecule has 1 saturated carbocycles. The van der Waals surface area contributed by atoms with E-state index in [0.29, 0.717) is 12.5 Å². The average molecular weight is 295 g/mol. The van der Waals surface area contributed by atoms with Crippen LogP contribution in [0.4, 0.5) is 13.2 Å². The van der Waals surface area contributed by atoms with E-state index in [9.17, 15) is 13.2 Å². The van der Waals surface area contributed by atoms with Crippen molar-refractivity contribution in [1.29, 1.82) is 0 Å². The van der Waals surface area contributed by atoms with Crippen LogP contribution in [0.25, 0.3) is 0 Å². The third kappa shape index (κ3) is 2.79. The van der Waals surface area contributed by atoms with Crippen LogP contribution in [0, 0.1) is 11.3 Å². The van der Waals surface area contributed by atoms with Gasteiger partial charge in [0.2, 0.25) is 5.88 Å². The van der Waals surface area contributed by atoms with Gasteiger partial charge in [-0.1, -0.05) is 6.07 Å². The molecule has 1 N–H and O–H groups in total. The normalized spacial score (nSPS) is 28.5. The molecule has 0 spiro atoms. The van der Waals surface area contributed by atoms with Gasteiger partial charge in [0, 0.05) is 18.0 Å². The minimum absolute atomic E-state index is 0. The molecule has 19 heavy (non-hydrogen) atoms.